The lowest BCUT2D eigenvalue weighted by molar-refractivity contribution is -0.120. The summed E-state index contributed by atoms with van der Waals surface area (Å²) in [6.45, 7) is 5.26. The molecule has 2 rings (SSSR count). The highest BCUT2D eigenvalue weighted by Crippen LogP contribution is 2.11. The molecule has 0 bridgehead atoms. The molecular weight excluding hydrogens is 290 g/mol. The smallest absolute Gasteiger partial charge is 0.226 e. The van der Waals surface area contributed by atoms with Crippen LogP contribution in [-0.2, 0) is 16.0 Å². The molecule has 0 spiro atoms. The minimum absolute atomic E-state index is 0.0333. The summed E-state index contributed by atoms with van der Waals surface area (Å²) in [5, 5.41) is 3.51. The van der Waals surface area contributed by atoms with Gasteiger partial charge in [0, 0.05) is 25.5 Å². The Morgan fingerprint density at radius 2 is 2.24 bits per heavy atom. The molecule has 0 radical (unpaired) electrons. The Balaban J connectivity index is 1.78. The second-order valence-corrected chi connectivity index (χ2v) is 5.58. The van der Waals surface area contributed by atoms with Crippen LogP contribution in [0, 0.1) is 0 Å². The first-order chi connectivity index (χ1) is 10.0. The van der Waals surface area contributed by atoms with Crippen molar-refractivity contribution in [1.82, 2.24) is 14.7 Å². The molecule has 0 saturated carbocycles. The third kappa shape index (κ3) is 5.02. The summed E-state index contributed by atoms with van der Waals surface area (Å²) in [5.41, 5.74) is 1.51. The Morgan fingerprint density at radius 1 is 1.43 bits per heavy atom. The maximum absolute atomic E-state index is 11.8. The predicted octanol–water partition coefficient (Wildman–Crippen LogP) is 2.46. The molecule has 1 amide bonds. The van der Waals surface area contributed by atoms with Gasteiger partial charge in [-0.05, 0) is 32.4 Å². The zero-order chi connectivity index (χ0) is 15.2. The SMILES string of the molecule is CC(C)OCCCNC(=O)Cc1cn2cc(Cl)ccc2n1. The van der Waals surface area contributed by atoms with Gasteiger partial charge in [0.25, 0.3) is 0 Å². The molecular formula is C15H20ClN3O2. The van der Waals surface area contributed by atoms with Crippen molar-refractivity contribution in [2.45, 2.75) is 32.8 Å². The van der Waals surface area contributed by atoms with Crippen LogP contribution in [0.25, 0.3) is 5.65 Å². The van der Waals surface area contributed by atoms with Gasteiger partial charge in [-0.2, -0.15) is 0 Å². The van der Waals surface area contributed by atoms with E-state index < -0.39 is 0 Å². The number of nitrogens with zero attached hydrogens (tertiary/aromatic N) is 2. The zero-order valence-electron chi connectivity index (χ0n) is 12.3. The number of hydrogen-bond acceptors (Lipinski definition) is 3. The van der Waals surface area contributed by atoms with E-state index in [0.717, 1.165) is 17.8 Å². The van der Waals surface area contributed by atoms with Gasteiger partial charge < -0.3 is 14.5 Å². The van der Waals surface area contributed by atoms with Gasteiger partial charge in [0.1, 0.15) is 5.65 Å². The van der Waals surface area contributed by atoms with Crippen LogP contribution >= 0.6 is 11.6 Å². The number of imidazole rings is 1. The number of pyridine rings is 1. The van der Waals surface area contributed by atoms with Crippen molar-refractivity contribution in [3.05, 3.63) is 35.2 Å². The van der Waals surface area contributed by atoms with Gasteiger partial charge in [0.15, 0.2) is 0 Å². The monoisotopic (exact) mass is 309 g/mol. The van der Waals surface area contributed by atoms with E-state index in [2.05, 4.69) is 10.3 Å². The minimum atomic E-state index is -0.0333. The molecule has 0 aliphatic carbocycles. The molecule has 5 nitrogen and oxygen atoms in total. The van der Waals surface area contributed by atoms with Crippen molar-refractivity contribution in [2.24, 2.45) is 0 Å². The summed E-state index contributed by atoms with van der Waals surface area (Å²) >= 11 is 5.91. The largest absolute Gasteiger partial charge is 0.379 e. The number of aromatic nitrogens is 2. The van der Waals surface area contributed by atoms with Crippen LogP contribution in [0.1, 0.15) is 26.0 Å². The van der Waals surface area contributed by atoms with Crippen LogP contribution in [0.15, 0.2) is 24.5 Å². The van der Waals surface area contributed by atoms with Crippen LogP contribution in [-0.4, -0.2) is 34.5 Å². The van der Waals surface area contributed by atoms with Crippen molar-refractivity contribution in [3.63, 3.8) is 0 Å². The number of fused-ring (bicyclic) bond motifs is 1. The van der Waals surface area contributed by atoms with Crippen molar-refractivity contribution in [1.29, 1.82) is 0 Å². The molecule has 114 valence electrons. The van der Waals surface area contributed by atoms with E-state index >= 15 is 0 Å². The predicted molar refractivity (Wildman–Crippen MR) is 82.6 cm³/mol. The van der Waals surface area contributed by atoms with E-state index in [1.54, 1.807) is 12.3 Å². The molecule has 2 aromatic rings. The fourth-order valence-electron chi connectivity index (χ4n) is 1.95. The number of ether oxygens (including phenoxy) is 1. The maximum atomic E-state index is 11.8. The fraction of sp³-hybridized carbons (Fsp3) is 0.467. The second kappa shape index (κ2) is 7.43. The topological polar surface area (TPSA) is 55.6 Å². The molecule has 0 unspecified atom stereocenters. The highest BCUT2D eigenvalue weighted by atomic mass is 35.5. The van der Waals surface area contributed by atoms with Crippen molar-refractivity contribution >= 4 is 23.2 Å². The Kier molecular flexibility index (Phi) is 5.59. The number of carbonyl (C=O) groups is 1. The first-order valence-corrected chi connectivity index (χ1v) is 7.44. The van der Waals surface area contributed by atoms with Gasteiger partial charge in [0.05, 0.1) is 23.2 Å². The van der Waals surface area contributed by atoms with Crippen molar-refractivity contribution < 1.29 is 9.53 Å². The molecule has 0 fully saturated rings. The molecule has 0 atom stereocenters. The molecule has 0 aromatic carbocycles. The van der Waals surface area contributed by atoms with Crippen LogP contribution < -0.4 is 5.32 Å². The van der Waals surface area contributed by atoms with E-state index in [9.17, 15) is 4.79 Å². The first-order valence-electron chi connectivity index (χ1n) is 7.06. The summed E-state index contributed by atoms with van der Waals surface area (Å²) in [7, 11) is 0. The van der Waals surface area contributed by atoms with Gasteiger partial charge in [0.2, 0.25) is 5.91 Å². The lowest BCUT2D eigenvalue weighted by Crippen LogP contribution is -2.27. The Labute approximate surface area is 129 Å². The van der Waals surface area contributed by atoms with Gasteiger partial charge >= 0.3 is 0 Å². The molecule has 1 N–H and O–H groups in total. The number of carbonyl (C=O) groups excluding carboxylic acids is 1. The molecule has 21 heavy (non-hydrogen) atoms. The highest BCUT2D eigenvalue weighted by Gasteiger charge is 2.07. The first kappa shape index (κ1) is 15.8. The normalized spacial score (nSPS) is 11.2. The summed E-state index contributed by atoms with van der Waals surface area (Å²) in [6, 6.07) is 3.61. The average molecular weight is 310 g/mol. The van der Waals surface area contributed by atoms with E-state index in [-0.39, 0.29) is 18.4 Å². The molecule has 0 aliphatic rings. The Morgan fingerprint density at radius 3 is 3.00 bits per heavy atom. The third-order valence-corrected chi connectivity index (χ3v) is 3.12. The number of halogens is 1. The average Bonchev–Trinajstić information content (AvgIpc) is 2.79. The van der Waals surface area contributed by atoms with E-state index in [1.807, 2.05) is 30.5 Å². The van der Waals surface area contributed by atoms with Gasteiger partial charge in [-0.3, -0.25) is 4.79 Å². The lowest BCUT2D eigenvalue weighted by Gasteiger charge is -2.07. The third-order valence-electron chi connectivity index (χ3n) is 2.90. The molecule has 0 saturated heterocycles. The molecule has 2 heterocycles. The Hall–Kier alpha value is -1.59. The number of nitrogens with one attached hydrogen (secondary N) is 1. The quantitative estimate of drug-likeness (QED) is 0.799. The van der Waals surface area contributed by atoms with Crippen LogP contribution in [0.3, 0.4) is 0 Å². The summed E-state index contributed by atoms with van der Waals surface area (Å²) in [4.78, 5) is 16.2. The second-order valence-electron chi connectivity index (χ2n) is 5.14. The Bertz CT molecular complexity index is 610. The fourth-order valence-corrected chi connectivity index (χ4v) is 2.12. The standard InChI is InChI=1S/C15H20ClN3O2/c1-11(2)21-7-3-6-17-15(20)8-13-10-19-9-12(16)4-5-14(19)18-13/h4-5,9-11H,3,6-8H2,1-2H3,(H,17,20). The van der Waals surface area contributed by atoms with E-state index in [0.29, 0.717) is 18.2 Å². The highest BCUT2D eigenvalue weighted by molar-refractivity contribution is 6.30. The van der Waals surface area contributed by atoms with Crippen LogP contribution in [0.4, 0.5) is 0 Å². The van der Waals surface area contributed by atoms with Gasteiger partial charge in [-0.15, -0.1) is 0 Å². The number of amides is 1. The summed E-state index contributed by atoms with van der Waals surface area (Å²) in [6.07, 6.45) is 4.90. The zero-order valence-corrected chi connectivity index (χ0v) is 13.1. The number of rotatable bonds is 7. The molecule has 2 aromatic heterocycles. The van der Waals surface area contributed by atoms with Gasteiger partial charge in [-0.1, -0.05) is 11.6 Å². The van der Waals surface area contributed by atoms with E-state index in [4.69, 9.17) is 16.3 Å². The van der Waals surface area contributed by atoms with E-state index in [1.165, 1.54) is 0 Å². The van der Waals surface area contributed by atoms with Crippen LogP contribution in [0.2, 0.25) is 5.02 Å². The molecule has 0 aliphatic heterocycles. The lowest BCUT2D eigenvalue weighted by atomic mass is 10.3. The summed E-state index contributed by atoms with van der Waals surface area (Å²) < 4.78 is 7.23. The summed E-state index contributed by atoms with van der Waals surface area (Å²) in [5.74, 6) is -0.0333. The van der Waals surface area contributed by atoms with Crippen molar-refractivity contribution in [3.8, 4) is 0 Å². The molecule has 6 heteroatoms. The van der Waals surface area contributed by atoms with Gasteiger partial charge in [-0.25, -0.2) is 4.98 Å². The van der Waals surface area contributed by atoms with Crippen LogP contribution in [0.5, 0.6) is 0 Å². The number of hydrogen-bond donors (Lipinski definition) is 1. The van der Waals surface area contributed by atoms with Crippen molar-refractivity contribution in [2.75, 3.05) is 13.2 Å². The maximum Gasteiger partial charge on any atom is 0.226 e. The minimum Gasteiger partial charge on any atom is -0.379 e.